The first kappa shape index (κ1) is 106. The van der Waals surface area contributed by atoms with Gasteiger partial charge in [0.1, 0.15) is 20.7 Å². The molecule has 0 spiro atoms. The first-order valence-corrected chi connectivity index (χ1v) is 48.2. The number of non-ortho nitro benzene ring substituents is 2. The summed E-state index contributed by atoms with van der Waals surface area (Å²) in [5.41, 5.74) is 20.8. The van der Waals surface area contributed by atoms with E-state index in [1.807, 2.05) is 84.4 Å². The van der Waals surface area contributed by atoms with Gasteiger partial charge in [-0.3, -0.25) is 59.9 Å². The van der Waals surface area contributed by atoms with Gasteiger partial charge in [-0.05, 0) is 185 Å². The second-order valence-corrected chi connectivity index (χ2v) is 36.1. The molecule has 4 aromatic carbocycles. The lowest BCUT2D eigenvalue weighted by Gasteiger charge is -2.23. The number of phenolic OH excluding ortho intramolecular Hbond substituents is 2. The molecular formula is C97H83Br2Cl2F4N13O19S4. The number of ether oxygens (including phenoxy) is 10. The number of thiophene rings is 4. The molecule has 17 aromatic rings. The minimum absolute atomic E-state index is 0.0938. The van der Waals surface area contributed by atoms with Gasteiger partial charge in [-0.1, -0.05) is 41.4 Å². The highest BCUT2D eigenvalue weighted by atomic mass is 79.9. The Bertz CT molecular complexity index is 6990. The third-order valence-corrected chi connectivity index (χ3v) is 25.7. The van der Waals surface area contributed by atoms with E-state index in [9.17, 15) is 42.6 Å². The first-order chi connectivity index (χ1) is 68.3. The second-order valence-electron chi connectivity index (χ2n) is 29.6. The summed E-state index contributed by atoms with van der Waals surface area (Å²) >= 11 is 24.6. The standard InChI is InChI=1S/C22H16FN3O5S.C22H18FN3O3S.C16H13ClN2O2S.C9H10BrNO2.C7H4ClNS.C6H4BrNO.C6H4FNO3.C6H6FNO.C3H8O2/c23-15-10-14(26(27)28)3-5-18(15)31-19-6-7-24-17-11-20(32-21(17)19)16-4-2-13(12-25-16)22-29-8-1-9-30-22;23-15-10-14(24)3-5-18(15)29-19-6-7-25-17-11-20(30-21(17)19)16-4-2-13(12-26-16)22-27-8-1-9-28-22;17-11-4-5-18-13-8-14(22-15(11)13)12-3-2-10(9-19-12)16-20-6-1-7-21-16;10-8-3-2-7(6-11-8)9-12-4-1-5-13-9;8-5-1-3-9-6-2-4-10-7(5)6;7-6-2-1-5(4-9)3-8-6;7-5-3-4(8(10)11)1-2-6(5)9;7-5-3-4(8)1-2-6(5)9;4-2-1-3-5/h2-7,10-12,22H,1,8-9H2;2-7,10-12,22H,1,8-9,24H2;2-5,8-9,16H,1,6-7H2;2-3,6,9H,1,4-5H2;1-4H;1-4H;1-3,9H;1-3,9H,8H2;4-5H,1-3H2. The van der Waals surface area contributed by atoms with Crippen LogP contribution in [0.2, 0.25) is 10.0 Å². The van der Waals surface area contributed by atoms with Crippen molar-refractivity contribution in [1.29, 1.82) is 0 Å². The topological polar surface area (TPSA) is 445 Å². The summed E-state index contributed by atoms with van der Waals surface area (Å²) in [6.07, 6.45) is 18.9. The summed E-state index contributed by atoms with van der Waals surface area (Å²) in [4.78, 5) is 71.2. The van der Waals surface area contributed by atoms with E-state index in [2.05, 4.69) is 76.7 Å². The van der Waals surface area contributed by atoms with Crippen LogP contribution < -0.4 is 20.9 Å². The maximum absolute atomic E-state index is 14.3. The van der Waals surface area contributed by atoms with Gasteiger partial charge in [-0.25, -0.2) is 27.5 Å². The maximum atomic E-state index is 14.3. The van der Waals surface area contributed by atoms with Crippen molar-refractivity contribution in [2.75, 3.05) is 77.5 Å². The predicted octanol–water partition coefficient (Wildman–Crippen LogP) is 24.2. The number of hydrogen-bond donors (Lipinski definition) is 6. The number of halogens is 8. The molecule has 4 saturated heterocycles. The molecule has 32 nitrogen and oxygen atoms in total. The van der Waals surface area contributed by atoms with Crippen LogP contribution in [-0.4, -0.2) is 147 Å². The molecule has 4 fully saturated rings. The molecule has 0 amide bonds. The molecular weight excluding hydrogens is 2090 g/mol. The average molecular weight is 2170 g/mol. The van der Waals surface area contributed by atoms with Crippen molar-refractivity contribution in [3.05, 3.63) is 334 Å². The number of fused-ring (bicyclic) bond motifs is 4. The summed E-state index contributed by atoms with van der Waals surface area (Å²) in [6.45, 7) is 5.87. The number of nitro groups is 2. The molecule has 0 unspecified atom stereocenters. The van der Waals surface area contributed by atoms with E-state index >= 15 is 0 Å². The van der Waals surface area contributed by atoms with Gasteiger partial charge in [0.15, 0.2) is 77.7 Å². The number of phenols is 2. The molecule has 13 aromatic heterocycles. The number of nitro benzene ring substituents is 2. The Morgan fingerprint density at radius 2 is 0.759 bits per heavy atom. The highest BCUT2D eigenvalue weighted by Crippen LogP contribution is 2.44. The van der Waals surface area contributed by atoms with E-state index in [0.717, 1.165) is 187 Å². The molecule has 4 aliphatic heterocycles. The number of nitrogens with two attached hydrogens (primary N) is 2. The number of benzene rings is 4. The zero-order chi connectivity index (χ0) is 99.7. The molecule has 0 atom stereocenters. The van der Waals surface area contributed by atoms with Gasteiger partial charge in [-0.2, -0.15) is 0 Å². The zero-order valence-corrected chi connectivity index (χ0v) is 81.7. The molecule has 0 aliphatic carbocycles. The van der Waals surface area contributed by atoms with Gasteiger partial charge in [0, 0.05) is 145 Å². The minimum Gasteiger partial charge on any atom is -0.505 e. The Labute approximate surface area is 843 Å². The van der Waals surface area contributed by atoms with Crippen LogP contribution in [0.4, 0.5) is 40.3 Å². The fraction of sp³-hybridized carbons (Fsp3) is 0.196. The van der Waals surface area contributed by atoms with Gasteiger partial charge in [0.05, 0.1) is 157 Å². The van der Waals surface area contributed by atoms with Crippen LogP contribution in [-0.2, 0) is 37.9 Å². The van der Waals surface area contributed by atoms with Crippen molar-refractivity contribution < 1.29 is 100.0 Å². The van der Waals surface area contributed by atoms with E-state index in [0.29, 0.717) is 77.6 Å². The normalized spacial score (nSPS) is 13.7. The third kappa shape index (κ3) is 30.6. The van der Waals surface area contributed by atoms with Crippen molar-refractivity contribution in [2.45, 2.75) is 57.3 Å². The van der Waals surface area contributed by atoms with Crippen LogP contribution in [0, 0.1) is 43.5 Å². The third-order valence-electron chi connectivity index (χ3n) is 19.5. The largest absolute Gasteiger partial charge is 0.505 e. The highest BCUT2D eigenvalue weighted by molar-refractivity contribution is 9.10. The molecule has 0 radical (unpaired) electrons. The Kier molecular flexibility index (Phi) is 39.8. The number of carbonyl (C=O) groups excluding carboxylic acids is 1. The lowest BCUT2D eigenvalue weighted by molar-refractivity contribution is -0.385. The number of aliphatic hydroxyl groups excluding tert-OH is 2. The summed E-state index contributed by atoms with van der Waals surface area (Å²) in [7, 11) is 0. The SMILES string of the molecule is Brc1ccc(C2OCCCO2)cn1.Clc1ccnc2cc(-c3ccc(C4OCCCO4)cn3)sc12.Clc1ccnc2ccsc12.Nc1ccc(O)c(F)c1.Nc1ccc(Oc2ccnc3cc(-c4ccc(C5OCCCO5)cn4)sc23)c(F)c1.O=Cc1ccc(Br)nc1.O=[N+]([O-])c1ccc(O)c(F)c1.O=[N+]([O-])c1ccc(Oc2ccnc3cc(-c4ccc(C5OCCCO5)cn4)sc23)c(F)c1.OCCCO. The van der Waals surface area contributed by atoms with Crippen LogP contribution >= 0.6 is 100 Å². The molecule has 730 valence electrons. The van der Waals surface area contributed by atoms with Crippen molar-refractivity contribution in [1.82, 2.24) is 44.9 Å². The fourth-order valence-corrected chi connectivity index (χ4v) is 17.5. The first-order valence-electron chi connectivity index (χ1n) is 42.6. The number of aromatic hydroxyl groups is 2. The van der Waals surface area contributed by atoms with E-state index < -0.39 is 45.2 Å². The second kappa shape index (κ2) is 53.2. The Hall–Kier alpha value is -12.8. The summed E-state index contributed by atoms with van der Waals surface area (Å²) in [5.74, 6) is -3.02. The molecule has 21 rings (SSSR count). The number of nitrogens with zero attached hydrogens (tertiary/aromatic N) is 11. The van der Waals surface area contributed by atoms with Gasteiger partial charge < -0.3 is 79.3 Å². The Balaban J connectivity index is 0.000000141. The van der Waals surface area contributed by atoms with Crippen molar-refractivity contribution in [2.24, 2.45) is 0 Å². The lowest BCUT2D eigenvalue weighted by Crippen LogP contribution is -2.17. The van der Waals surface area contributed by atoms with Crippen LogP contribution in [0.15, 0.2) is 252 Å². The van der Waals surface area contributed by atoms with Crippen LogP contribution in [0.5, 0.6) is 34.5 Å². The number of rotatable bonds is 16. The van der Waals surface area contributed by atoms with Crippen LogP contribution in [0.3, 0.4) is 0 Å². The van der Waals surface area contributed by atoms with E-state index in [-0.39, 0.29) is 60.7 Å². The van der Waals surface area contributed by atoms with Crippen molar-refractivity contribution in [3.8, 4) is 66.2 Å². The van der Waals surface area contributed by atoms with Crippen LogP contribution in [0.25, 0.3) is 72.6 Å². The van der Waals surface area contributed by atoms with Gasteiger partial charge in [-0.15, -0.1) is 45.3 Å². The smallest absolute Gasteiger partial charge is 0.272 e. The number of aldehydes is 1. The molecule has 0 saturated carbocycles. The molecule has 44 heteroatoms. The number of aliphatic hydroxyl groups is 2. The van der Waals surface area contributed by atoms with E-state index in [4.69, 9.17) is 102 Å². The van der Waals surface area contributed by atoms with Crippen molar-refractivity contribution in [3.63, 3.8) is 0 Å². The van der Waals surface area contributed by atoms with Gasteiger partial charge in [0.2, 0.25) is 0 Å². The highest BCUT2D eigenvalue weighted by Gasteiger charge is 2.25. The number of pyridine rings is 9. The number of hydrogen-bond acceptors (Lipinski definition) is 34. The number of nitrogen functional groups attached to an aromatic ring is 2. The predicted molar refractivity (Wildman–Crippen MR) is 535 cm³/mol. The average Bonchev–Trinajstić information content (AvgIpc) is 1.63. The maximum Gasteiger partial charge on any atom is 0.272 e. The number of aromatic nitrogens is 9. The Morgan fingerprint density at radius 3 is 1.11 bits per heavy atom. The van der Waals surface area contributed by atoms with E-state index in [1.165, 1.54) is 65.3 Å². The quantitative estimate of drug-likeness (QED) is 0.00995. The summed E-state index contributed by atoms with van der Waals surface area (Å²) in [6, 6.07) is 47.6. The monoisotopic (exact) mass is 2170 g/mol. The molecule has 17 heterocycles. The summed E-state index contributed by atoms with van der Waals surface area (Å²) in [5, 5.41) is 57.4. The van der Waals surface area contributed by atoms with Gasteiger partial charge in [0.25, 0.3) is 11.4 Å². The lowest BCUT2D eigenvalue weighted by atomic mass is 10.2. The summed E-state index contributed by atoms with van der Waals surface area (Å²) < 4.78 is 114. The van der Waals surface area contributed by atoms with Crippen molar-refractivity contribution >= 4 is 170 Å². The Morgan fingerprint density at radius 1 is 0.404 bits per heavy atom. The van der Waals surface area contributed by atoms with Crippen LogP contribution in [0.1, 0.15) is 89.9 Å². The minimum atomic E-state index is -0.987. The molecule has 4 aliphatic rings. The fourth-order valence-electron chi connectivity index (χ4n) is 12.6. The number of anilines is 2. The van der Waals surface area contributed by atoms with E-state index in [1.54, 1.807) is 109 Å². The molecule has 141 heavy (non-hydrogen) atoms. The molecule has 0 bridgehead atoms. The van der Waals surface area contributed by atoms with Gasteiger partial charge >= 0.3 is 0 Å². The number of carbonyl (C=O) groups is 1. The molecule has 8 N–H and O–H groups in total. The zero-order valence-electron chi connectivity index (χ0n) is 73.7.